The summed E-state index contributed by atoms with van der Waals surface area (Å²) in [6.45, 7) is 6.39. The normalized spacial score (nSPS) is 24.3. The highest BCUT2D eigenvalue weighted by atomic mass is 35.5. The average molecular weight is 268 g/mol. The summed E-state index contributed by atoms with van der Waals surface area (Å²) in [5, 5.41) is 0. The van der Waals surface area contributed by atoms with E-state index in [1.807, 2.05) is 7.11 Å². The van der Waals surface area contributed by atoms with Crippen LogP contribution in [0.2, 0.25) is 0 Å². The van der Waals surface area contributed by atoms with Gasteiger partial charge < -0.3 is 9.64 Å². The maximum atomic E-state index is 5.90. The molecule has 2 rings (SSSR count). The molecular weight excluding hydrogens is 246 g/mol. The predicted molar refractivity (Wildman–Crippen MR) is 77.6 cm³/mol. The minimum atomic E-state index is -0.0166. The van der Waals surface area contributed by atoms with Crippen molar-refractivity contribution in [3.63, 3.8) is 0 Å². The molecule has 0 aliphatic carbocycles. The van der Waals surface area contributed by atoms with E-state index < -0.39 is 0 Å². The molecule has 0 radical (unpaired) electrons. The summed E-state index contributed by atoms with van der Waals surface area (Å²) < 4.78 is 5.64. The van der Waals surface area contributed by atoms with Crippen molar-refractivity contribution in [2.24, 2.45) is 0 Å². The third-order valence-electron chi connectivity index (χ3n) is 3.99. The van der Waals surface area contributed by atoms with Gasteiger partial charge in [0.15, 0.2) is 0 Å². The van der Waals surface area contributed by atoms with Crippen LogP contribution in [0.1, 0.15) is 30.9 Å². The van der Waals surface area contributed by atoms with Gasteiger partial charge >= 0.3 is 0 Å². The number of hydrogen-bond donors (Lipinski definition) is 0. The van der Waals surface area contributed by atoms with Gasteiger partial charge in [-0.3, -0.25) is 0 Å². The van der Waals surface area contributed by atoms with Crippen LogP contribution < -0.4 is 4.90 Å². The zero-order valence-corrected chi connectivity index (χ0v) is 12.3. The lowest BCUT2D eigenvalue weighted by molar-refractivity contribution is -0.00465. The lowest BCUT2D eigenvalue weighted by Crippen LogP contribution is -2.47. The number of alkyl halides is 1. The van der Waals surface area contributed by atoms with E-state index >= 15 is 0 Å². The van der Waals surface area contributed by atoms with E-state index in [-0.39, 0.29) is 5.60 Å². The Balaban J connectivity index is 2.18. The SMILES string of the molecule is COC1(C)CCCN(c2ccc(CCl)c(C)c2)C1. The second-order valence-electron chi connectivity index (χ2n) is 5.42. The number of anilines is 1. The predicted octanol–water partition coefficient (Wildman–Crippen LogP) is 3.74. The molecule has 1 aromatic carbocycles. The first-order valence-electron chi connectivity index (χ1n) is 6.53. The Bertz CT molecular complexity index is 421. The smallest absolute Gasteiger partial charge is 0.0825 e. The molecule has 0 spiro atoms. The fourth-order valence-electron chi connectivity index (χ4n) is 2.62. The number of ether oxygens (including phenoxy) is 1. The summed E-state index contributed by atoms with van der Waals surface area (Å²) in [4.78, 5) is 2.41. The van der Waals surface area contributed by atoms with E-state index in [9.17, 15) is 0 Å². The van der Waals surface area contributed by atoms with Gasteiger partial charge in [0.2, 0.25) is 0 Å². The lowest BCUT2D eigenvalue weighted by Gasteiger charge is -2.40. The van der Waals surface area contributed by atoms with Crippen LogP contribution in [-0.4, -0.2) is 25.8 Å². The van der Waals surface area contributed by atoms with E-state index in [1.54, 1.807) is 0 Å². The highest BCUT2D eigenvalue weighted by Gasteiger charge is 2.30. The van der Waals surface area contributed by atoms with Crippen LogP contribution in [-0.2, 0) is 10.6 Å². The molecule has 0 bridgehead atoms. The summed E-state index contributed by atoms with van der Waals surface area (Å²) >= 11 is 5.90. The highest BCUT2D eigenvalue weighted by Crippen LogP contribution is 2.29. The standard InChI is InChI=1S/C15H22ClNO/c1-12-9-14(6-5-13(12)10-16)17-8-4-7-15(2,11-17)18-3/h5-6,9H,4,7-8,10-11H2,1-3H3. The maximum absolute atomic E-state index is 5.90. The average Bonchev–Trinajstić information content (AvgIpc) is 2.39. The van der Waals surface area contributed by atoms with E-state index in [4.69, 9.17) is 16.3 Å². The zero-order valence-electron chi connectivity index (χ0n) is 11.5. The number of aryl methyl sites for hydroxylation is 1. The van der Waals surface area contributed by atoms with E-state index in [0.29, 0.717) is 5.88 Å². The van der Waals surface area contributed by atoms with Crippen LogP contribution in [0.3, 0.4) is 0 Å². The molecule has 1 aliphatic heterocycles. The molecule has 1 unspecified atom stereocenters. The molecular formula is C15H22ClNO. The lowest BCUT2D eigenvalue weighted by atomic mass is 9.94. The Hall–Kier alpha value is -0.730. The van der Waals surface area contributed by atoms with Crippen LogP contribution in [0.4, 0.5) is 5.69 Å². The first kappa shape index (κ1) is 13.7. The summed E-state index contributed by atoms with van der Waals surface area (Å²) in [5.74, 6) is 0.585. The molecule has 0 aromatic heterocycles. The molecule has 1 heterocycles. The van der Waals surface area contributed by atoms with Gasteiger partial charge in [0.05, 0.1) is 5.60 Å². The van der Waals surface area contributed by atoms with Crippen molar-refractivity contribution in [1.29, 1.82) is 0 Å². The van der Waals surface area contributed by atoms with Crippen molar-refractivity contribution in [1.82, 2.24) is 0 Å². The van der Waals surface area contributed by atoms with Gasteiger partial charge in [0.25, 0.3) is 0 Å². The zero-order chi connectivity index (χ0) is 13.2. The molecule has 0 amide bonds. The molecule has 1 saturated heterocycles. The third kappa shape index (κ3) is 2.81. The van der Waals surface area contributed by atoms with Gasteiger partial charge in [0.1, 0.15) is 0 Å². The van der Waals surface area contributed by atoms with Crippen molar-refractivity contribution >= 4 is 17.3 Å². The first-order valence-corrected chi connectivity index (χ1v) is 7.07. The maximum Gasteiger partial charge on any atom is 0.0825 e. The topological polar surface area (TPSA) is 12.5 Å². The number of hydrogen-bond acceptors (Lipinski definition) is 2. The van der Waals surface area contributed by atoms with Crippen LogP contribution in [0, 0.1) is 6.92 Å². The van der Waals surface area contributed by atoms with Crippen molar-refractivity contribution < 1.29 is 4.74 Å². The van der Waals surface area contributed by atoms with Crippen molar-refractivity contribution in [2.45, 2.75) is 38.2 Å². The molecule has 100 valence electrons. The molecule has 1 aliphatic rings. The fraction of sp³-hybridized carbons (Fsp3) is 0.600. The first-order chi connectivity index (χ1) is 8.58. The van der Waals surface area contributed by atoms with Crippen LogP contribution in [0.15, 0.2) is 18.2 Å². The molecule has 1 atom stereocenters. The second kappa shape index (κ2) is 5.50. The van der Waals surface area contributed by atoms with Gasteiger partial charge in [-0.15, -0.1) is 11.6 Å². The minimum Gasteiger partial charge on any atom is -0.377 e. The monoisotopic (exact) mass is 267 g/mol. The fourth-order valence-corrected chi connectivity index (χ4v) is 2.92. The van der Waals surface area contributed by atoms with Gasteiger partial charge in [-0.25, -0.2) is 0 Å². The molecule has 0 saturated carbocycles. The van der Waals surface area contributed by atoms with Crippen molar-refractivity contribution in [2.75, 3.05) is 25.1 Å². The highest BCUT2D eigenvalue weighted by molar-refractivity contribution is 6.17. The molecule has 1 fully saturated rings. The molecule has 18 heavy (non-hydrogen) atoms. The van der Waals surface area contributed by atoms with Crippen molar-refractivity contribution in [3.8, 4) is 0 Å². The quantitative estimate of drug-likeness (QED) is 0.774. The number of benzene rings is 1. The third-order valence-corrected chi connectivity index (χ3v) is 4.28. The number of halogens is 1. The Kier molecular flexibility index (Phi) is 4.18. The number of piperidine rings is 1. The number of rotatable bonds is 3. The van der Waals surface area contributed by atoms with E-state index in [1.165, 1.54) is 23.2 Å². The number of nitrogens with zero attached hydrogens (tertiary/aromatic N) is 1. The van der Waals surface area contributed by atoms with E-state index in [2.05, 4.69) is 36.9 Å². The van der Waals surface area contributed by atoms with Crippen molar-refractivity contribution in [3.05, 3.63) is 29.3 Å². The van der Waals surface area contributed by atoms with Crippen LogP contribution in [0.5, 0.6) is 0 Å². The summed E-state index contributed by atoms with van der Waals surface area (Å²) in [6, 6.07) is 6.54. The second-order valence-corrected chi connectivity index (χ2v) is 5.69. The Labute approximate surface area is 115 Å². The Morgan fingerprint density at radius 2 is 2.22 bits per heavy atom. The van der Waals surface area contributed by atoms with Crippen LogP contribution in [0.25, 0.3) is 0 Å². The molecule has 1 aromatic rings. The number of methoxy groups -OCH3 is 1. The Morgan fingerprint density at radius 1 is 1.44 bits per heavy atom. The summed E-state index contributed by atoms with van der Waals surface area (Å²) in [7, 11) is 1.81. The molecule has 3 heteroatoms. The van der Waals surface area contributed by atoms with Gasteiger partial charge in [-0.1, -0.05) is 6.07 Å². The minimum absolute atomic E-state index is 0.0166. The van der Waals surface area contributed by atoms with Gasteiger partial charge in [-0.05, 0) is 49.9 Å². The summed E-state index contributed by atoms with van der Waals surface area (Å²) in [6.07, 6.45) is 2.32. The molecule has 2 nitrogen and oxygen atoms in total. The Morgan fingerprint density at radius 3 is 2.83 bits per heavy atom. The van der Waals surface area contributed by atoms with Gasteiger partial charge in [-0.2, -0.15) is 0 Å². The van der Waals surface area contributed by atoms with Gasteiger partial charge in [0, 0.05) is 31.8 Å². The molecule has 0 N–H and O–H groups in total. The largest absolute Gasteiger partial charge is 0.377 e. The summed E-state index contributed by atoms with van der Waals surface area (Å²) in [5.41, 5.74) is 3.75. The van der Waals surface area contributed by atoms with E-state index in [0.717, 1.165) is 19.5 Å². The van der Waals surface area contributed by atoms with Crippen LogP contribution >= 0.6 is 11.6 Å².